The molecule has 0 spiro atoms. The molecule has 1 saturated carbocycles. The molecular weight excluding hydrogens is 258 g/mol. The predicted molar refractivity (Wildman–Crippen MR) is 86.2 cm³/mol. The number of rotatable bonds is 2. The summed E-state index contributed by atoms with van der Waals surface area (Å²) in [6, 6.07) is 4.30. The van der Waals surface area contributed by atoms with Gasteiger partial charge in [-0.15, -0.1) is 0 Å². The summed E-state index contributed by atoms with van der Waals surface area (Å²) in [6.07, 6.45) is 8.82. The maximum absolute atomic E-state index is 10.6. The molecule has 2 heteroatoms. The first kappa shape index (κ1) is 15.0. The molecule has 3 rings (SSSR count). The first-order valence-electron chi connectivity index (χ1n) is 8.62. The highest BCUT2D eigenvalue weighted by Gasteiger charge is 2.44. The van der Waals surface area contributed by atoms with Gasteiger partial charge >= 0.3 is 0 Å². The van der Waals surface area contributed by atoms with Crippen molar-refractivity contribution in [1.82, 2.24) is 4.98 Å². The van der Waals surface area contributed by atoms with Crippen LogP contribution in [0.3, 0.4) is 0 Å². The molecule has 2 nitrogen and oxygen atoms in total. The lowest BCUT2D eigenvalue weighted by Gasteiger charge is -2.47. The number of hydrogen-bond donors (Lipinski definition) is 1. The number of hydrogen-bond acceptors (Lipinski definition) is 2. The van der Waals surface area contributed by atoms with Gasteiger partial charge in [0.2, 0.25) is 0 Å². The first-order valence-corrected chi connectivity index (χ1v) is 8.62. The van der Waals surface area contributed by atoms with E-state index in [1.165, 1.54) is 36.9 Å². The molecule has 0 bridgehead atoms. The summed E-state index contributed by atoms with van der Waals surface area (Å²) in [5, 5.41) is 10.6. The van der Waals surface area contributed by atoms with Gasteiger partial charge in [-0.3, -0.25) is 4.98 Å². The molecule has 2 aliphatic rings. The second-order valence-electron chi connectivity index (χ2n) is 7.91. The lowest BCUT2D eigenvalue weighted by Crippen LogP contribution is -2.43. The highest BCUT2D eigenvalue weighted by molar-refractivity contribution is 5.28. The van der Waals surface area contributed by atoms with Gasteiger partial charge in [-0.1, -0.05) is 33.3 Å². The quantitative estimate of drug-likeness (QED) is 0.878. The summed E-state index contributed by atoms with van der Waals surface area (Å²) in [6.45, 7) is 7.00. The number of fused-ring (bicyclic) bond motifs is 1. The summed E-state index contributed by atoms with van der Waals surface area (Å²) in [5.41, 5.74) is 2.86. The Kier molecular flexibility index (Phi) is 4.09. The Bertz CT molecular complexity index is 496. The molecule has 0 radical (unpaired) electrons. The van der Waals surface area contributed by atoms with Crippen LogP contribution >= 0.6 is 0 Å². The van der Waals surface area contributed by atoms with Crippen LogP contribution in [0.2, 0.25) is 0 Å². The van der Waals surface area contributed by atoms with Gasteiger partial charge < -0.3 is 5.11 Å². The molecule has 4 unspecified atom stereocenters. The molecule has 0 aliphatic heterocycles. The Morgan fingerprint density at radius 2 is 2.05 bits per heavy atom. The van der Waals surface area contributed by atoms with E-state index in [0.717, 1.165) is 12.8 Å². The van der Waals surface area contributed by atoms with E-state index in [1.807, 2.05) is 6.20 Å². The van der Waals surface area contributed by atoms with E-state index >= 15 is 0 Å². The lowest BCUT2D eigenvalue weighted by atomic mass is 9.59. The monoisotopic (exact) mass is 287 g/mol. The molecule has 116 valence electrons. The van der Waals surface area contributed by atoms with Crippen LogP contribution < -0.4 is 0 Å². The zero-order valence-corrected chi connectivity index (χ0v) is 13.7. The Morgan fingerprint density at radius 1 is 1.24 bits per heavy atom. The Hall–Kier alpha value is -0.890. The van der Waals surface area contributed by atoms with E-state index in [1.54, 1.807) is 0 Å². The van der Waals surface area contributed by atoms with E-state index in [9.17, 15) is 5.11 Å². The average Bonchev–Trinajstić information content (AvgIpc) is 2.46. The molecule has 1 aromatic rings. The first-order chi connectivity index (χ1) is 10.00. The lowest BCUT2D eigenvalue weighted by molar-refractivity contribution is -0.0269. The smallest absolute Gasteiger partial charge is 0.0576 e. The van der Waals surface area contributed by atoms with Crippen molar-refractivity contribution in [2.75, 3.05) is 0 Å². The molecule has 0 amide bonds. The van der Waals surface area contributed by atoms with Crippen molar-refractivity contribution in [2.45, 2.75) is 71.3 Å². The molecule has 4 atom stereocenters. The van der Waals surface area contributed by atoms with Gasteiger partial charge in [-0.2, -0.15) is 0 Å². The van der Waals surface area contributed by atoms with Crippen LogP contribution in [0.5, 0.6) is 0 Å². The van der Waals surface area contributed by atoms with Crippen LogP contribution in [0.15, 0.2) is 18.3 Å². The maximum Gasteiger partial charge on any atom is 0.0576 e. The van der Waals surface area contributed by atoms with Crippen LogP contribution in [0, 0.1) is 17.3 Å². The predicted octanol–water partition coefficient (Wildman–Crippen LogP) is 4.32. The third kappa shape index (κ3) is 2.75. The van der Waals surface area contributed by atoms with Crippen LogP contribution in [0.25, 0.3) is 0 Å². The number of aliphatic hydroxyl groups is 1. The molecule has 1 heterocycles. The van der Waals surface area contributed by atoms with E-state index in [4.69, 9.17) is 4.98 Å². The summed E-state index contributed by atoms with van der Waals surface area (Å²) in [7, 11) is 0. The molecule has 1 aromatic heterocycles. The summed E-state index contributed by atoms with van der Waals surface area (Å²) >= 11 is 0. The van der Waals surface area contributed by atoms with Crippen molar-refractivity contribution in [3.8, 4) is 0 Å². The van der Waals surface area contributed by atoms with Crippen molar-refractivity contribution < 1.29 is 5.11 Å². The van der Waals surface area contributed by atoms with E-state index in [0.29, 0.717) is 17.8 Å². The normalized spacial score (nSPS) is 33.5. The van der Waals surface area contributed by atoms with Crippen molar-refractivity contribution in [2.24, 2.45) is 17.3 Å². The highest BCUT2D eigenvalue weighted by atomic mass is 16.3. The van der Waals surface area contributed by atoms with Gasteiger partial charge in [-0.05, 0) is 61.0 Å². The fourth-order valence-corrected chi connectivity index (χ4v) is 4.81. The summed E-state index contributed by atoms with van der Waals surface area (Å²) < 4.78 is 0. The zero-order chi connectivity index (χ0) is 15.0. The van der Waals surface area contributed by atoms with Gasteiger partial charge in [0.15, 0.2) is 0 Å². The number of nitrogens with zero attached hydrogens (tertiary/aromatic N) is 1. The van der Waals surface area contributed by atoms with Gasteiger partial charge in [-0.25, -0.2) is 0 Å². The topological polar surface area (TPSA) is 33.1 Å². The minimum atomic E-state index is -0.141. The van der Waals surface area contributed by atoms with Crippen LogP contribution in [0.4, 0.5) is 0 Å². The molecule has 1 fully saturated rings. The third-order valence-electron chi connectivity index (χ3n) is 6.13. The Labute approximate surface area is 129 Å². The fraction of sp³-hybridized carbons (Fsp3) is 0.737. The van der Waals surface area contributed by atoms with Crippen LogP contribution in [-0.4, -0.2) is 16.2 Å². The molecule has 21 heavy (non-hydrogen) atoms. The maximum atomic E-state index is 10.6. The Morgan fingerprint density at radius 3 is 2.81 bits per heavy atom. The van der Waals surface area contributed by atoms with Gasteiger partial charge in [0.1, 0.15) is 0 Å². The van der Waals surface area contributed by atoms with E-state index in [-0.39, 0.29) is 11.5 Å². The SMILES string of the molecule is CC1CCC(C(C)(C)C2CCCc3cccnc32)C(O)C1. The summed E-state index contributed by atoms with van der Waals surface area (Å²) in [4.78, 5) is 4.72. The molecule has 0 aromatic carbocycles. The van der Waals surface area contributed by atoms with E-state index in [2.05, 4.69) is 32.9 Å². The van der Waals surface area contributed by atoms with Crippen molar-refractivity contribution in [1.29, 1.82) is 0 Å². The van der Waals surface area contributed by atoms with Crippen molar-refractivity contribution >= 4 is 0 Å². The average molecular weight is 287 g/mol. The summed E-state index contributed by atoms with van der Waals surface area (Å²) in [5.74, 6) is 1.57. The van der Waals surface area contributed by atoms with E-state index < -0.39 is 0 Å². The minimum Gasteiger partial charge on any atom is -0.393 e. The van der Waals surface area contributed by atoms with Gasteiger partial charge in [0.25, 0.3) is 0 Å². The van der Waals surface area contributed by atoms with Gasteiger partial charge in [0.05, 0.1) is 6.10 Å². The highest BCUT2D eigenvalue weighted by Crippen LogP contribution is 2.51. The number of aliphatic hydroxyl groups excluding tert-OH is 1. The number of aromatic nitrogens is 1. The van der Waals surface area contributed by atoms with Crippen LogP contribution in [-0.2, 0) is 6.42 Å². The second-order valence-corrected chi connectivity index (χ2v) is 7.91. The molecule has 2 aliphatic carbocycles. The van der Waals surface area contributed by atoms with Crippen molar-refractivity contribution in [3.05, 3.63) is 29.6 Å². The number of aryl methyl sites for hydroxylation is 1. The standard InChI is InChI=1S/C19H29NO/c1-13-9-10-15(17(21)12-13)19(2,3)16-8-4-6-14-7-5-11-20-18(14)16/h5,7,11,13,15-17,21H,4,6,8-10,12H2,1-3H3. The Balaban J connectivity index is 1.88. The number of pyridine rings is 1. The molecular formula is C19H29NO. The fourth-order valence-electron chi connectivity index (χ4n) is 4.81. The minimum absolute atomic E-state index is 0.128. The van der Waals surface area contributed by atoms with Crippen LogP contribution in [0.1, 0.15) is 70.1 Å². The van der Waals surface area contributed by atoms with Crippen molar-refractivity contribution in [3.63, 3.8) is 0 Å². The van der Waals surface area contributed by atoms with Gasteiger partial charge in [0, 0.05) is 17.8 Å². The second kappa shape index (κ2) is 5.72. The third-order valence-corrected chi connectivity index (χ3v) is 6.13. The molecule has 0 saturated heterocycles. The molecule has 1 N–H and O–H groups in total. The zero-order valence-electron chi connectivity index (χ0n) is 13.7. The largest absolute Gasteiger partial charge is 0.393 e.